The summed E-state index contributed by atoms with van der Waals surface area (Å²) in [6, 6.07) is 0. The molecule has 0 aliphatic heterocycles. The molecule has 0 aromatic heterocycles. The fourth-order valence-corrected chi connectivity index (χ4v) is 1.16. The third-order valence-electron chi connectivity index (χ3n) is 2.31. The van der Waals surface area contributed by atoms with E-state index in [1.54, 1.807) is 0 Å². The summed E-state index contributed by atoms with van der Waals surface area (Å²) in [6.07, 6.45) is 4.34. The number of hydrogen-bond donors (Lipinski definition) is 0. The third kappa shape index (κ3) is 7.98. The van der Waals surface area contributed by atoms with Gasteiger partial charge in [0.05, 0.1) is 0 Å². The van der Waals surface area contributed by atoms with Crippen molar-refractivity contribution in [3.05, 3.63) is 23.8 Å². The largest absolute Gasteiger partial charge is 0.461 e. The van der Waals surface area contributed by atoms with Crippen molar-refractivity contribution in [2.75, 3.05) is 6.61 Å². The molecule has 0 spiro atoms. The monoisotopic (exact) mass is 210 g/mol. The van der Waals surface area contributed by atoms with Gasteiger partial charge in [-0.1, -0.05) is 25.2 Å². The summed E-state index contributed by atoms with van der Waals surface area (Å²) < 4.78 is 4.90. The molecule has 1 atom stereocenters. The molecule has 1 unspecified atom stereocenters. The zero-order valence-corrected chi connectivity index (χ0v) is 10.3. The molecule has 0 amide bonds. The standard InChI is InChI=1S/C13H22O2/c1-10(2)7-6-8-11(3)12(4)9-15-13(5)14/h7,11H,4,6,8-9H2,1-3,5H3. The predicted octanol–water partition coefficient (Wildman–Crippen LogP) is 3.49. The van der Waals surface area contributed by atoms with Gasteiger partial charge in [-0.05, 0) is 38.2 Å². The fourth-order valence-electron chi connectivity index (χ4n) is 1.16. The lowest BCUT2D eigenvalue weighted by atomic mass is 9.97. The molecule has 0 bridgehead atoms. The summed E-state index contributed by atoms with van der Waals surface area (Å²) in [5, 5.41) is 0. The number of ether oxygens (including phenoxy) is 1. The molecule has 0 heterocycles. The van der Waals surface area contributed by atoms with Crippen LogP contribution in [0, 0.1) is 5.92 Å². The van der Waals surface area contributed by atoms with Crippen molar-refractivity contribution < 1.29 is 9.53 Å². The highest BCUT2D eigenvalue weighted by atomic mass is 16.5. The number of esters is 1. The number of carbonyl (C=O) groups excluding carboxylic acids is 1. The first-order valence-corrected chi connectivity index (χ1v) is 5.38. The molecule has 86 valence electrons. The summed E-state index contributed by atoms with van der Waals surface area (Å²) in [5.74, 6) is 0.160. The summed E-state index contributed by atoms with van der Waals surface area (Å²) in [4.78, 5) is 10.6. The number of rotatable bonds is 6. The zero-order valence-electron chi connectivity index (χ0n) is 10.3. The molecule has 0 radical (unpaired) electrons. The molecule has 0 aliphatic rings. The van der Waals surface area contributed by atoms with Crippen LogP contribution in [0.1, 0.15) is 40.5 Å². The lowest BCUT2D eigenvalue weighted by Gasteiger charge is -2.13. The SMILES string of the molecule is C=C(COC(C)=O)C(C)CCC=C(C)C. The van der Waals surface area contributed by atoms with Gasteiger partial charge < -0.3 is 4.74 Å². The minimum atomic E-state index is -0.243. The van der Waals surface area contributed by atoms with Crippen LogP contribution >= 0.6 is 0 Å². The van der Waals surface area contributed by atoms with Crippen molar-refractivity contribution in [3.63, 3.8) is 0 Å². The Labute approximate surface area is 93.0 Å². The van der Waals surface area contributed by atoms with Crippen LogP contribution in [0.3, 0.4) is 0 Å². The molecule has 0 N–H and O–H groups in total. The van der Waals surface area contributed by atoms with Crippen LogP contribution in [0.25, 0.3) is 0 Å². The van der Waals surface area contributed by atoms with Gasteiger partial charge in [-0.25, -0.2) is 0 Å². The van der Waals surface area contributed by atoms with E-state index in [9.17, 15) is 4.79 Å². The maximum absolute atomic E-state index is 10.6. The van der Waals surface area contributed by atoms with E-state index in [1.807, 2.05) is 0 Å². The Morgan fingerprint density at radius 1 is 1.40 bits per heavy atom. The Balaban J connectivity index is 3.79. The molecule has 0 aromatic carbocycles. The quantitative estimate of drug-likeness (QED) is 0.495. The second-order valence-corrected chi connectivity index (χ2v) is 4.20. The maximum atomic E-state index is 10.6. The Kier molecular flexibility index (Phi) is 6.76. The fraction of sp³-hybridized carbons (Fsp3) is 0.615. The van der Waals surface area contributed by atoms with Crippen LogP contribution in [0.15, 0.2) is 23.8 Å². The van der Waals surface area contributed by atoms with E-state index < -0.39 is 0 Å². The van der Waals surface area contributed by atoms with Crippen LogP contribution in [0.5, 0.6) is 0 Å². The molecule has 2 heteroatoms. The normalized spacial score (nSPS) is 11.7. The third-order valence-corrected chi connectivity index (χ3v) is 2.31. The van der Waals surface area contributed by atoms with Gasteiger partial charge in [0.15, 0.2) is 0 Å². The van der Waals surface area contributed by atoms with Crippen molar-refractivity contribution in [2.24, 2.45) is 5.92 Å². The zero-order chi connectivity index (χ0) is 11.8. The van der Waals surface area contributed by atoms with Gasteiger partial charge in [0.1, 0.15) is 6.61 Å². The highest BCUT2D eigenvalue weighted by Crippen LogP contribution is 2.16. The summed E-state index contributed by atoms with van der Waals surface area (Å²) in [7, 11) is 0. The Morgan fingerprint density at radius 2 is 2.00 bits per heavy atom. The van der Waals surface area contributed by atoms with Crippen LogP contribution in [0.2, 0.25) is 0 Å². The Morgan fingerprint density at radius 3 is 2.47 bits per heavy atom. The van der Waals surface area contributed by atoms with Crippen LogP contribution in [-0.2, 0) is 9.53 Å². The van der Waals surface area contributed by atoms with Gasteiger partial charge in [-0.3, -0.25) is 4.79 Å². The van der Waals surface area contributed by atoms with Crippen molar-refractivity contribution in [1.29, 1.82) is 0 Å². The average molecular weight is 210 g/mol. The number of carbonyl (C=O) groups is 1. The molecule has 0 fully saturated rings. The van der Waals surface area contributed by atoms with E-state index in [0.717, 1.165) is 18.4 Å². The van der Waals surface area contributed by atoms with Gasteiger partial charge >= 0.3 is 5.97 Å². The van der Waals surface area contributed by atoms with Crippen LogP contribution < -0.4 is 0 Å². The maximum Gasteiger partial charge on any atom is 0.302 e. The Bertz CT molecular complexity index is 247. The molecular weight excluding hydrogens is 188 g/mol. The first-order valence-electron chi connectivity index (χ1n) is 5.38. The number of hydrogen-bond acceptors (Lipinski definition) is 2. The first-order chi connectivity index (χ1) is 6.93. The highest BCUT2D eigenvalue weighted by molar-refractivity contribution is 5.66. The van der Waals surface area contributed by atoms with E-state index in [4.69, 9.17) is 4.74 Å². The molecular formula is C13H22O2. The summed E-state index contributed by atoms with van der Waals surface area (Å²) >= 11 is 0. The lowest BCUT2D eigenvalue weighted by molar-refractivity contribution is -0.140. The van der Waals surface area contributed by atoms with E-state index in [1.165, 1.54) is 12.5 Å². The van der Waals surface area contributed by atoms with E-state index in [-0.39, 0.29) is 5.97 Å². The van der Waals surface area contributed by atoms with E-state index >= 15 is 0 Å². The lowest BCUT2D eigenvalue weighted by Crippen LogP contribution is -2.08. The van der Waals surface area contributed by atoms with Gasteiger partial charge in [0.25, 0.3) is 0 Å². The van der Waals surface area contributed by atoms with Crippen LogP contribution in [0.4, 0.5) is 0 Å². The van der Waals surface area contributed by atoms with Crippen molar-refractivity contribution in [3.8, 4) is 0 Å². The van der Waals surface area contributed by atoms with Gasteiger partial charge in [0.2, 0.25) is 0 Å². The summed E-state index contributed by atoms with van der Waals surface area (Å²) in [6.45, 7) is 12.0. The molecule has 0 saturated heterocycles. The molecule has 0 saturated carbocycles. The molecule has 15 heavy (non-hydrogen) atoms. The van der Waals surface area contributed by atoms with E-state index in [2.05, 4.69) is 33.4 Å². The van der Waals surface area contributed by atoms with Crippen molar-refractivity contribution in [2.45, 2.75) is 40.5 Å². The van der Waals surface area contributed by atoms with Crippen LogP contribution in [-0.4, -0.2) is 12.6 Å². The van der Waals surface area contributed by atoms with Crippen molar-refractivity contribution >= 4 is 5.97 Å². The number of allylic oxidation sites excluding steroid dienone is 2. The van der Waals surface area contributed by atoms with Gasteiger partial charge in [-0.2, -0.15) is 0 Å². The average Bonchev–Trinajstić information content (AvgIpc) is 2.13. The van der Waals surface area contributed by atoms with E-state index in [0.29, 0.717) is 12.5 Å². The second-order valence-electron chi connectivity index (χ2n) is 4.20. The summed E-state index contributed by atoms with van der Waals surface area (Å²) in [5.41, 5.74) is 2.33. The molecule has 2 nitrogen and oxygen atoms in total. The molecule has 0 rings (SSSR count). The first kappa shape index (κ1) is 13.9. The minimum Gasteiger partial charge on any atom is -0.461 e. The molecule has 0 aliphatic carbocycles. The second kappa shape index (κ2) is 7.27. The van der Waals surface area contributed by atoms with Gasteiger partial charge in [0, 0.05) is 6.92 Å². The topological polar surface area (TPSA) is 26.3 Å². The minimum absolute atomic E-state index is 0.243. The molecule has 0 aromatic rings. The van der Waals surface area contributed by atoms with Gasteiger partial charge in [-0.15, -0.1) is 0 Å². The Hall–Kier alpha value is -1.05. The highest BCUT2D eigenvalue weighted by Gasteiger charge is 2.07. The smallest absolute Gasteiger partial charge is 0.302 e. The predicted molar refractivity (Wildman–Crippen MR) is 63.6 cm³/mol. The van der Waals surface area contributed by atoms with Crippen molar-refractivity contribution in [1.82, 2.24) is 0 Å².